The number of nitrogens with zero attached hydrogens (tertiary/aromatic N) is 1. The first-order valence-electron chi connectivity index (χ1n) is 7.58. The minimum absolute atomic E-state index is 0. The van der Waals surface area contributed by atoms with E-state index in [0.717, 1.165) is 5.56 Å². The third-order valence-corrected chi connectivity index (χ3v) is 4.22. The lowest BCUT2D eigenvalue weighted by atomic mass is 9.93. The Labute approximate surface area is 147 Å². The number of aliphatic hydroxyl groups is 4. The van der Waals surface area contributed by atoms with Crippen LogP contribution in [0.5, 0.6) is 0 Å². The van der Waals surface area contributed by atoms with Gasteiger partial charge in [-0.3, -0.25) is 4.79 Å². The lowest BCUT2D eigenvalue weighted by molar-refractivity contribution is -0.0755. The van der Waals surface area contributed by atoms with E-state index in [1.807, 2.05) is 0 Å². The van der Waals surface area contributed by atoms with Gasteiger partial charge in [-0.2, -0.15) is 0 Å². The van der Waals surface area contributed by atoms with Gasteiger partial charge < -0.3 is 36.0 Å². The Hall–Kier alpha value is -2.37. The summed E-state index contributed by atoms with van der Waals surface area (Å²) in [5.41, 5.74) is 0.876. The standard InChI is InChI=1S/C16H20N2O7.H2O/c1-6-3-9-12(18-13(16(24)25)15(23)17-9)8(7(6)2)4-10(20)14(22)11(21)5-19;/h3,10-11,14,19-22H,4-5H2,1-2H3,(H,17,23)(H,24,25);1H2/t10-,11+,14-;/m0./s1. The fraction of sp³-hybridized carbons (Fsp3) is 0.438. The van der Waals surface area contributed by atoms with E-state index in [2.05, 4.69) is 9.97 Å². The number of aromatic nitrogens is 2. The molecule has 1 heterocycles. The topological polar surface area (TPSA) is 195 Å². The van der Waals surface area contributed by atoms with E-state index < -0.39 is 42.1 Å². The van der Waals surface area contributed by atoms with E-state index >= 15 is 0 Å². The molecule has 1 aromatic carbocycles. The Kier molecular flexibility index (Phi) is 6.95. The molecule has 2 aromatic rings. The van der Waals surface area contributed by atoms with Crippen LogP contribution in [-0.2, 0) is 6.42 Å². The van der Waals surface area contributed by atoms with Gasteiger partial charge in [-0.15, -0.1) is 0 Å². The van der Waals surface area contributed by atoms with Crippen molar-refractivity contribution in [2.24, 2.45) is 0 Å². The molecule has 3 atom stereocenters. The SMILES string of the molecule is Cc1cc2[nH]c(=O)c(C(=O)O)nc2c(C[C@H](O)[C@H](O)[C@H](O)CO)c1C.O. The highest BCUT2D eigenvalue weighted by Gasteiger charge is 2.26. The monoisotopic (exact) mass is 370 g/mol. The van der Waals surface area contributed by atoms with Crippen molar-refractivity contribution in [3.05, 3.63) is 38.8 Å². The molecule has 26 heavy (non-hydrogen) atoms. The van der Waals surface area contributed by atoms with Crippen molar-refractivity contribution in [1.29, 1.82) is 0 Å². The molecule has 0 saturated heterocycles. The lowest BCUT2D eigenvalue weighted by Gasteiger charge is -2.23. The van der Waals surface area contributed by atoms with Crippen LogP contribution in [0.1, 0.15) is 27.2 Å². The molecular formula is C16H22N2O8. The third kappa shape index (κ3) is 4.06. The number of hydrogen-bond donors (Lipinski definition) is 6. The molecule has 1 aromatic heterocycles. The summed E-state index contributed by atoms with van der Waals surface area (Å²) in [6.45, 7) is 2.78. The number of aryl methyl sites for hydroxylation is 1. The Balaban J connectivity index is 0.00000338. The summed E-state index contributed by atoms with van der Waals surface area (Å²) in [6.07, 6.45) is -4.69. The number of hydrogen-bond acceptors (Lipinski definition) is 7. The average Bonchev–Trinajstić information content (AvgIpc) is 2.56. The van der Waals surface area contributed by atoms with Crippen LogP contribution in [0.15, 0.2) is 10.9 Å². The maximum absolute atomic E-state index is 11.8. The van der Waals surface area contributed by atoms with Gasteiger partial charge in [-0.25, -0.2) is 9.78 Å². The van der Waals surface area contributed by atoms with Crippen molar-refractivity contribution in [2.75, 3.05) is 6.61 Å². The van der Waals surface area contributed by atoms with Crippen LogP contribution in [-0.4, -0.2) is 71.9 Å². The number of carbonyl (C=O) groups is 1. The average molecular weight is 370 g/mol. The number of H-pyrrole nitrogens is 1. The third-order valence-electron chi connectivity index (χ3n) is 4.22. The molecule has 0 unspecified atom stereocenters. The van der Waals surface area contributed by atoms with Crippen molar-refractivity contribution >= 4 is 17.0 Å². The molecular weight excluding hydrogens is 348 g/mol. The van der Waals surface area contributed by atoms with Gasteiger partial charge >= 0.3 is 5.97 Å². The van der Waals surface area contributed by atoms with Crippen molar-refractivity contribution in [3.8, 4) is 0 Å². The lowest BCUT2D eigenvalue weighted by Crippen LogP contribution is -2.40. The fourth-order valence-corrected chi connectivity index (χ4v) is 2.63. The quantitative estimate of drug-likeness (QED) is 0.336. The van der Waals surface area contributed by atoms with E-state index in [1.54, 1.807) is 19.9 Å². The van der Waals surface area contributed by atoms with E-state index in [1.165, 1.54) is 0 Å². The van der Waals surface area contributed by atoms with Crippen LogP contribution in [0.3, 0.4) is 0 Å². The molecule has 0 fully saturated rings. The minimum Gasteiger partial charge on any atom is -0.476 e. The molecule has 0 spiro atoms. The maximum atomic E-state index is 11.8. The number of benzene rings is 1. The summed E-state index contributed by atoms with van der Waals surface area (Å²) in [5.74, 6) is -1.48. The van der Waals surface area contributed by atoms with Crippen molar-refractivity contribution in [3.63, 3.8) is 0 Å². The second-order valence-corrected chi connectivity index (χ2v) is 5.92. The highest BCUT2D eigenvalue weighted by Crippen LogP contribution is 2.24. The zero-order valence-corrected chi connectivity index (χ0v) is 14.2. The second-order valence-electron chi connectivity index (χ2n) is 5.92. The van der Waals surface area contributed by atoms with Crippen LogP contribution in [0, 0.1) is 13.8 Å². The summed E-state index contributed by atoms with van der Waals surface area (Å²) in [5, 5.41) is 47.4. The van der Waals surface area contributed by atoms with Gasteiger partial charge in [0.15, 0.2) is 0 Å². The molecule has 10 nitrogen and oxygen atoms in total. The van der Waals surface area contributed by atoms with Crippen LogP contribution in [0.25, 0.3) is 11.0 Å². The number of carboxylic acid groups (broad SMARTS) is 1. The summed E-state index contributed by atoms with van der Waals surface area (Å²) in [6, 6.07) is 1.64. The molecule has 0 bridgehead atoms. The van der Waals surface area contributed by atoms with Gasteiger partial charge in [0.25, 0.3) is 5.56 Å². The van der Waals surface area contributed by atoms with Crippen molar-refractivity contribution in [1.82, 2.24) is 9.97 Å². The number of rotatable bonds is 6. The predicted octanol–water partition coefficient (Wildman–Crippen LogP) is -1.97. The summed E-state index contributed by atoms with van der Waals surface area (Å²) < 4.78 is 0. The Morgan fingerprint density at radius 2 is 1.85 bits per heavy atom. The summed E-state index contributed by atoms with van der Waals surface area (Å²) in [4.78, 5) is 29.3. The highest BCUT2D eigenvalue weighted by molar-refractivity contribution is 5.89. The van der Waals surface area contributed by atoms with Gasteiger partial charge in [0.1, 0.15) is 12.2 Å². The molecule has 0 aliphatic rings. The van der Waals surface area contributed by atoms with Crippen LogP contribution < -0.4 is 5.56 Å². The van der Waals surface area contributed by atoms with Gasteiger partial charge in [-0.1, -0.05) is 0 Å². The number of carboxylic acids is 1. The van der Waals surface area contributed by atoms with Gasteiger partial charge in [0.05, 0.1) is 23.7 Å². The molecule has 10 heteroatoms. The number of fused-ring (bicyclic) bond motifs is 1. The zero-order chi connectivity index (χ0) is 18.9. The number of aliphatic hydroxyl groups excluding tert-OH is 4. The van der Waals surface area contributed by atoms with E-state index in [-0.39, 0.29) is 17.4 Å². The van der Waals surface area contributed by atoms with E-state index in [4.69, 9.17) is 10.2 Å². The normalized spacial score (nSPS) is 14.5. The Morgan fingerprint density at radius 3 is 2.38 bits per heavy atom. The molecule has 144 valence electrons. The summed E-state index contributed by atoms with van der Waals surface area (Å²) in [7, 11) is 0. The number of nitrogens with one attached hydrogen (secondary N) is 1. The second kappa shape index (κ2) is 8.34. The van der Waals surface area contributed by atoms with Crippen molar-refractivity contribution < 1.29 is 35.8 Å². The van der Waals surface area contributed by atoms with Gasteiger partial charge in [-0.05, 0) is 36.6 Å². The fourth-order valence-electron chi connectivity index (χ4n) is 2.63. The first kappa shape index (κ1) is 21.7. The van der Waals surface area contributed by atoms with Crippen LogP contribution in [0.4, 0.5) is 0 Å². The summed E-state index contributed by atoms with van der Waals surface area (Å²) >= 11 is 0. The number of aromatic carboxylic acids is 1. The molecule has 0 amide bonds. The minimum atomic E-state index is -1.60. The smallest absolute Gasteiger partial charge is 0.360 e. The largest absolute Gasteiger partial charge is 0.476 e. The van der Waals surface area contributed by atoms with Gasteiger partial charge in [0, 0.05) is 6.42 Å². The molecule has 0 aliphatic heterocycles. The first-order chi connectivity index (χ1) is 11.7. The molecule has 2 rings (SSSR count). The highest BCUT2D eigenvalue weighted by atomic mass is 16.4. The first-order valence-corrected chi connectivity index (χ1v) is 7.58. The number of aromatic amines is 1. The maximum Gasteiger partial charge on any atom is 0.360 e. The van der Waals surface area contributed by atoms with E-state index in [9.17, 15) is 24.9 Å². The van der Waals surface area contributed by atoms with E-state index in [0.29, 0.717) is 16.6 Å². The zero-order valence-electron chi connectivity index (χ0n) is 14.2. The Morgan fingerprint density at radius 1 is 1.23 bits per heavy atom. The molecule has 0 radical (unpaired) electrons. The molecule has 0 aliphatic carbocycles. The Bertz CT molecular complexity index is 863. The molecule has 0 saturated carbocycles. The van der Waals surface area contributed by atoms with Gasteiger partial charge in [0.2, 0.25) is 5.69 Å². The van der Waals surface area contributed by atoms with Crippen molar-refractivity contribution in [2.45, 2.75) is 38.6 Å². The predicted molar refractivity (Wildman–Crippen MR) is 91.2 cm³/mol. The molecule has 8 N–H and O–H groups in total. The van der Waals surface area contributed by atoms with Crippen LogP contribution in [0.2, 0.25) is 0 Å². The van der Waals surface area contributed by atoms with Crippen LogP contribution >= 0.6 is 0 Å².